The minimum Gasteiger partial charge on any atom is -0.507 e. The van der Waals surface area contributed by atoms with Crippen LogP contribution in [0.25, 0.3) is 5.76 Å². The van der Waals surface area contributed by atoms with Crippen LogP contribution in [0.1, 0.15) is 42.9 Å². The number of carboxylic acids is 1. The van der Waals surface area contributed by atoms with Crippen LogP contribution in [-0.4, -0.2) is 44.2 Å². The van der Waals surface area contributed by atoms with Crippen molar-refractivity contribution in [1.29, 1.82) is 0 Å². The Morgan fingerprint density at radius 2 is 1.64 bits per heavy atom. The number of rotatable bonds is 9. The quantitative estimate of drug-likeness (QED) is 0.146. The number of hydrogen-bond donors (Lipinski definition) is 2. The van der Waals surface area contributed by atoms with Gasteiger partial charge in [0.15, 0.2) is 0 Å². The van der Waals surface area contributed by atoms with E-state index in [1.54, 1.807) is 0 Å². The van der Waals surface area contributed by atoms with Crippen LogP contribution < -0.4 is 0 Å². The molecule has 2 aromatic rings. The number of aliphatic hydroxyl groups is 1. The normalized spacial score (nSPS) is 17.4. The predicted molar refractivity (Wildman–Crippen MR) is 115 cm³/mol. The first-order valence-corrected chi connectivity index (χ1v) is 10.2. The highest BCUT2D eigenvalue weighted by Crippen LogP contribution is 2.39. The molecule has 0 aromatic heterocycles. The minimum atomic E-state index is -0.986. The summed E-state index contributed by atoms with van der Waals surface area (Å²) in [6.45, 7) is 0.128. The van der Waals surface area contributed by atoms with E-state index in [0.29, 0.717) is 24.8 Å². The maximum atomic E-state index is 13.5. The fourth-order valence-corrected chi connectivity index (χ4v) is 3.73. The van der Waals surface area contributed by atoms with Gasteiger partial charge in [0.05, 0.1) is 16.5 Å². The van der Waals surface area contributed by atoms with Gasteiger partial charge in [-0.1, -0.05) is 18.6 Å². The number of aliphatic carboxylic acids is 1. The number of aliphatic hydroxyl groups excluding tert-OH is 1. The van der Waals surface area contributed by atoms with E-state index >= 15 is 0 Å². The number of nitro benzene ring substituents is 1. The van der Waals surface area contributed by atoms with Gasteiger partial charge in [-0.2, -0.15) is 0 Å². The third-order valence-electron chi connectivity index (χ3n) is 5.37. The second-order valence-electron chi connectivity index (χ2n) is 7.55. The number of nitro groups is 1. The van der Waals surface area contributed by atoms with Crippen molar-refractivity contribution in [3.63, 3.8) is 0 Å². The average Bonchev–Trinajstić information content (AvgIpc) is 3.03. The van der Waals surface area contributed by atoms with E-state index < -0.39 is 40.2 Å². The maximum absolute atomic E-state index is 13.5. The Bertz CT molecular complexity index is 1110. The van der Waals surface area contributed by atoms with Gasteiger partial charge in [-0.05, 0) is 42.7 Å². The molecule has 0 aliphatic carbocycles. The average molecular weight is 456 g/mol. The number of hydrogen-bond acceptors (Lipinski definition) is 6. The smallest absolute Gasteiger partial charge is 0.303 e. The molecule has 0 saturated carbocycles. The first-order chi connectivity index (χ1) is 15.7. The van der Waals surface area contributed by atoms with Crippen LogP contribution in [0.3, 0.4) is 0 Å². The van der Waals surface area contributed by atoms with E-state index in [1.807, 2.05) is 0 Å². The lowest BCUT2D eigenvalue weighted by Gasteiger charge is -2.25. The Balaban J connectivity index is 1.97. The van der Waals surface area contributed by atoms with Crippen LogP contribution in [0.2, 0.25) is 0 Å². The summed E-state index contributed by atoms with van der Waals surface area (Å²) in [6.07, 6.45) is 1.33. The fourth-order valence-electron chi connectivity index (χ4n) is 3.73. The lowest BCUT2D eigenvalue weighted by atomic mass is 9.95. The molecule has 1 atom stereocenters. The third kappa shape index (κ3) is 5.22. The Hall–Kier alpha value is -4.08. The van der Waals surface area contributed by atoms with Gasteiger partial charge in [0.2, 0.25) is 0 Å². The molecule has 2 N–H and O–H groups in total. The lowest BCUT2D eigenvalue weighted by molar-refractivity contribution is -0.384. The summed E-state index contributed by atoms with van der Waals surface area (Å²) in [7, 11) is 0. The second-order valence-corrected chi connectivity index (χ2v) is 7.55. The van der Waals surface area contributed by atoms with Crippen molar-refractivity contribution < 1.29 is 33.9 Å². The predicted octanol–water partition coefficient (Wildman–Crippen LogP) is 3.80. The van der Waals surface area contributed by atoms with Crippen LogP contribution in [-0.2, 0) is 14.4 Å². The molecule has 0 bridgehead atoms. The molecule has 1 saturated heterocycles. The Labute approximate surface area is 187 Å². The number of carboxylic acid groups (broad SMARTS) is 1. The largest absolute Gasteiger partial charge is 0.507 e. The van der Waals surface area contributed by atoms with Crippen molar-refractivity contribution in [3.8, 4) is 0 Å². The SMILES string of the molecule is O=C(O)CCCCCN1C(=O)C(=O)/C(=C(/O)c2ccc([N+](=O)[O-])cc2)C1c1ccc(F)cc1. The van der Waals surface area contributed by atoms with E-state index in [4.69, 9.17) is 5.11 Å². The number of carbonyl (C=O) groups excluding carboxylic acids is 2. The van der Waals surface area contributed by atoms with Crippen molar-refractivity contribution in [2.75, 3.05) is 6.54 Å². The van der Waals surface area contributed by atoms with Crippen molar-refractivity contribution in [3.05, 3.63) is 81.2 Å². The molecule has 1 heterocycles. The number of likely N-dealkylation sites (tertiary alicyclic amines) is 1. The van der Waals surface area contributed by atoms with E-state index in [1.165, 1.54) is 53.4 Å². The second kappa shape index (κ2) is 10.0. The summed E-state index contributed by atoms with van der Waals surface area (Å²) >= 11 is 0. The molecule has 1 unspecified atom stereocenters. The highest BCUT2D eigenvalue weighted by Gasteiger charge is 2.45. The zero-order valence-corrected chi connectivity index (χ0v) is 17.4. The van der Waals surface area contributed by atoms with E-state index in [2.05, 4.69) is 0 Å². The molecule has 0 spiro atoms. The van der Waals surface area contributed by atoms with E-state index in [0.717, 1.165) is 0 Å². The lowest BCUT2D eigenvalue weighted by Crippen LogP contribution is -2.30. The van der Waals surface area contributed by atoms with Crippen LogP contribution in [0.15, 0.2) is 54.1 Å². The Morgan fingerprint density at radius 1 is 1.00 bits per heavy atom. The molecule has 3 rings (SSSR count). The maximum Gasteiger partial charge on any atom is 0.303 e. The number of halogens is 1. The molecular formula is C23H21FN2O7. The van der Waals surface area contributed by atoms with Gasteiger partial charge >= 0.3 is 5.97 Å². The molecule has 172 valence electrons. The van der Waals surface area contributed by atoms with Gasteiger partial charge < -0.3 is 15.1 Å². The standard InChI is InChI=1S/C23H21FN2O7/c24-16-9-5-14(6-10-16)20-19(21(29)15-7-11-17(12-8-15)26(32)33)22(30)23(31)25(20)13-3-1-2-4-18(27)28/h5-12,20,29H,1-4,13H2,(H,27,28)/b21-19+. The van der Waals surface area contributed by atoms with Crippen molar-refractivity contribution >= 4 is 29.1 Å². The highest BCUT2D eigenvalue weighted by atomic mass is 19.1. The Kier molecular flexibility index (Phi) is 7.17. The fraction of sp³-hybridized carbons (Fsp3) is 0.261. The molecule has 0 radical (unpaired) electrons. The van der Waals surface area contributed by atoms with Crippen LogP contribution in [0.4, 0.5) is 10.1 Å². The zero-order valence-electron chi connectivity index (χ0n) is 17.4. The molecule has 1 fully saturated rings. The van der Waals surface area contributed by atoms with Crippen molar-refractivity contribution in [2.24, 2.45) is 0 Å². The van der Waals surface area contributed by atoms with Gasteiger partial charge in [-0.25, -0.2) is 4.39 Å². The summed E-state index contributed by atoms with van der Waals surface area (Å²) in [4.78, 5) is 47.9. The molecule has 1 amide bonds. The van der Waals surface area contributed by atoms with E-state index in [-0.39, 0.29) is 29.8 Å². The van der Waals surface area contributed by atoms with Crippen LogP contribution >= 0.6 is 0 Å². The summed E-state index contributed by atoms with van der Waals surface area (Å²) in [5.41, 5.74) is 0.117. The van der Waals surface area contributed by atoms with Crippen LogP contribution in [0, 0.1) is 15.9 Å². The summed E-state index contributed by atoms with van der Waals surface area (Å²) < 4.78 is 13.5. The first-order valence-electron chi connectivity index (χ1n) is 10.2. The molecule has 2 aromatic carbocycles. The number of Topliss-reactive ketones (excluding diaryl/α,β-unsaturated/α-hetero) is 1. The van der Waals surface area contributed by atoms with Crippen molar-refractivity contribution in [1.82, 2.24) is 4.90 Å². The number of amides is 1. The molecule has 10 heteroatoms. The minimum absolute atomic E-state index is 0.0135. The number of ketones is 1. The number of benzene rings is 2. The van der Waals surface area contributed by atoms with Gasteiger partial charge in [0.25, 0.3) is 17.4 Å². The third-order valence-corrected chi connectivity index (χ3v) is 5.37. The summed E-state index contributed by atoms with van der Waals surface area (Å²) in [6, 6.07) is 9.06. The van der Waals surface area contributed by atoms with Crippen molar-refractivity contribution in [2.45, 2.75) is 31.7 Å². The van der Waals surface area contributed by atoms with Crippen LogP contribution in [0.5, 0.6) is 0 Å². The topological polar surface area (TPSA) is 138 Å². The number of unbranched alkanes of at least 4 members (excludes halogenated alkanes) is 2. The summed E-state index contributed by atoms with van der Waals surface area (Å²) in [5.74, 6) is -3.70. The number of carbonyl (C=O) groups is 3. The monoisotopic (exact) mass is 456 g/mol. The van der Waals surface area contributed by atoms with Gasteiger partial charge in [0.1, 0.15) is 11.6 Å². The van der Waals surface area contributed by atoms with Gasteiger partial charge in [0, 0.05) is 30.7 Å². The molecule has 1 aliphatic rings. The number of nitrogens with zero attached hydrogens (tertiary/aromatic N) is 2. The number of non-ortho nitro benzene ring substituents is 1. The molecule has 33 heavy (non-hydrogen) atoms. The first kappa shape index (κ1) is 23.6. The highest BCUT2D eigenvalue weighted by molar-refractivity contribution is 6.46. The molecule has 9 nitrogen and oxygen atoms in total. The van der Waals surface area contributed by atoms with E-state index in [9.17, 15) is 34.0 Å². The molecule has 1 aliphatic heterocycles. The van der Waals surface area contributed by atoms with Gasteiger partial charge in [-0.3, -0.25) is 24.5 Å². The molecular weight excluding hydrogens is 435 g/mol. The van der Waals surface area contributed by atoms with Gasteiger partial charge in [-0.15, -0.1) is 0 Å². The summed E-state index contributed by atoms with van der Waals surface area (Å²) in [5, 5.41) is 30.5. The zero-order chi connectivity index (χ0) is 24.1. The Morgan fingerprint density at radius 3 is 2.21 bits per heavy atom.